The maximum atomic E-state index is 12.9. The van der Waals surface area contributed by atoms with E-state index in [-0.39, 0.29) is 24.7 Å². The average Bonchev–Trinajstić information content (AvgIpc) is 3.05. The number of nitrogens with zero attached hydrogens (tertiary/aromatic N) is 2. The molecule has 1 N–H and O–H groups in total. The topological polar surface area (TPSA) is 56.2 Å². The molecule has 0 aliphatic rings. The van der Waals surface area contributed by atoms with Gasteiger partial charge in [0.1, 0.15) is 12.4 Å². The molecule has 32 heavy (non-hydrogen) atoms. The van der Waals surface area contributed by atoms with E-state index in [9.17, 15) is 18.0 Å². The Hall–Kier alpha value is -2.52. The molecule has 1 heterocycles. The summed E-state index contributed by atoms with van der Waals surface area (Å²) in [6.45, 7) is 2.24. The highest BCUT2D eigenvalue weighted by atomic mass is 79.9. The minimum absolute atomic E-state index is 0.196. The first-order chi connectivity index (χ1) is 15.2. The van der Waals surface area contributed by atoms with Gasteiger partial charge in [0, 0.05) is 18.7 Å². The van der Waals surface area contributed by atoms with E-state index in [1.54, 1.807) is 18.2 Å². The lowest BCUT2D eigenvalue weighted by atomic mass is 10.1. The number of halogens is 5. The van der Waals surface area contributed by atoms with Crippen molar-refractivity contribution in [2.45, 2.75) is 32.7 Å². The van der Waals surface area contributed by atoms with Gasteiger partial charge in [-0.15, -0.1) is 0 Å². The van der Waals surface area contributed by atoms with Crippen LogP contribution < -0.4 is 10.1 Å². The Kier molecular flexibility index (Phi) is 7.84. The van der Waals surface area contributed by atoms with Crippen molar-refractivity contribution in [1.82, 2.24) is 15.1 Å². The molecule has 0 atom stereocenters. The minimum atomic E-state index is -4.60. The van der Waals surface area contributed by atoms with Crippen LogP contribution in [0.1, 0.15) is 33.7 Å². The first kappa shape index (κ1) is 24.1. The largest absolute Gasteiger partial charge is 0.488 e. The van der Waals surface area contributed by atoms with Gasteiger partial charge in [-0.1, -0.05) is 35.9 Å². The van der Waals surface area contributed by atoms with E-state index >= 15 is 0 Å². The van der Waals surface area contributed by atoms with Gasteiger partial charge in [0.05, 0.1) is 15.2 Å². The molecule has 0 aliphatic carbocycles. The van der Waals surface area contributed by atoms with Crippen molar-refractivity contribution in [3.63, 3.8) is 0 Å². The number of carbonyl (C=O) groups is 1. The van der Waals surface area contributed by atoms with Gasteiger partial charge in [-0.2, -0.15) is 18.3 Å². The van der Waals surface area contributed by atoms with Crippen molar-refractivity contribution in [3.05, 3.63) is 80.5 Å². The Balaban J connectivity index is 1.51. The fourth-order valence-electron chi connectivity index (χ4n) is 2.98. The summed E-state index contributed by atoms with van der Waals surface area (Å²) < 4.78 is 46.5. The fourth-order valence-corrected chi connectivity index (χ4v) is 3.62. The van der Waals surface area contributed by atoms with Gasteiger partial charge in [-0.3, -0.25) is 9.48 Å². The second-order valence-electron chi connectivity index (χ2n) is 7.00. The van der Waals surface area contributed by atoms with Crippen LogP contribution in [-0.4, -0.2) is 22.2 Å². The zero-order valence-electron chi connectivity index (χ0n) is 17.0. The average molecular weight is 531 g/mol. The molecule has 170 valence electrons. The Labute approximate surface area is 196 Å². The summed E-state index contributed by atoms with van der Waals surface area (Å²) in [4.78, 5) is 12.4. The molecule has 5 nitrogen and oxygen atoms in total. The number of carbonyl (C=O) groups excluding carboxylic acids is 1. The van der Waals surface area contributed by atoms with Gasteiger partial charge in [-0.25, -0.2) is 0 Å². The highest BCUT2D eigenvalue weighted by molar-refractivity contribution is 9.10. The van der Waals surface area contributed by atoms with Gasteiger partial charge >= 0.3 is 6.18 Å². The van der Waals surface area contributed by atoms with Crippen molar-refractivity contribution < 1.29 is 22.7 Å². The molecule has 0 saturated heterocycles. The fraction of sp³-hybridized carbons (Fsp3) is 0.273. The SMILES string of the molecule is Cc1c(Cl)c(C(F)(F)F)nn1CCCNC(=O)c1cccc(COc2ccccc2Br)c1. The predicted octanol–water partition coefficient (Wildman–Crippen LogP) is 6.03. The van der Waals surface area contributed by atoms with Gasteiger partial charge in [0.15, 0.2) is 5.69 Å². The quantitative estimate of drug-likeness (QED) is 0.362. The Morgan fingerprint density at radius 3 is 2.66 bits per heavy atom. The Morgan fingerprint density at radius 2 is 1.97 bits per heavy atom. The monoisotopic (exact) mass is 529 g/mol. The first-order valence-corrected chi connectivity index (χ1v) is 10.9. The van der Waals surface area contributed by atoms with Crippen LogP contribution in [0.5, 0.6) is 5.75 Å². The number of aromatic nitrogens is 2. The maximum absolute atomic E-state index is 12.9. The van der Waals surface area contributed by atoms with Crippen LogP contribution in [0.15, 0.2) is 53.0 Å². The number of hydrogen-bond donors (Lipinski definition) is 1. The molecule has 0 spiro atoms. The van der Waals surface area contributed by atoms with Gasteiger partial charge < -0.3 is 10.1 Å². The molecule has 3 aromatic rings. The zero-order valence-corrected chi connectivity index (χ0v) is 19.4. The van der Waals surface area contributed by atoms with Gasteiger partial charge in [-0.05, 0) is 59.1 Å². The Morgan fingerprint density at radius 1 is 1.22 bits per heavy atom. The van der Waals surface area contributed by atoms with Crippen molar-refractivity contribution in [2.24, 2.45) is 0 Å². The summed E-state index contributed by atoms with van der Waals surface area (Å²) in [7, 11) is 0. The molecular weight excluding hydrogens is 511 g/mol. The lowest BCUT2D eigenvalue weighted by molar-refractivity contribution is -0.141. The molecule has 1 amide bonds. The van der Waals surface area contributed by atoms with Crippen molar-refractivity contribution in [2.75, 3.05) is 6.54 Å². The third kappa shape index (κ3) is 6.04. The lowest BCUT2D eigenvalue weighted by Gasteiger charge is -2.10. The summed E-state index contributed by atoms with van der Waals surface area (Å²) in [5, 5.41) is 5.92. The van der Waals surface area contributed by atoms with Crippen LogP contribution in [0.3, 0.4) is 0 Å². The summed E-state index contributed by atoms with van der Waals surface area (Å²) >= 11 is 9.16. The second-order valence-corrected chi connectivity index (χ2v) is 8.23. The number of amides is 1. The summed E-state index contributed by atoms with van der Waals surface area (Å²) in [5.74, 6) is 0.420. The lowest BCUT2D eigenvalue weighted by Crippen LogP contribution is -2.25. The standard InChI is InChI=1S/C22H20BrClF3N3O2/c1-14-19(24)20(22(25,26)27)29-30(14)11-5-10-28-21(31)16-7-4-6-15(12-16)13-32-18-9-3-2-8-17(18)23/h2-4,6-9,12H,5,10-11,13H2,1H3,(H,28,31). The van der Waals surface area contributed by atoms with E-state index in [0.29, 0.717) is 24.3 Å². The predicted molar refractivity (Wildman–Crippen MR) is 119 cm³/mol. The number of alkyl halides is 3. The minimum Gasteiger partial charge on any atom is -0.488 e. The summed E-state index contributed by atoms with van der Waals surface area (Å²) in [5.41, 5.74) is 0.441. The molecule has 2 aromatic carbocycles. The number of ether oxygens (including phenoxy) is 1. The molecule has 10 heteroatoms. The van der Waals surface area contributed by atoms with Crippen LogP contribution in [0.2, 0.25) is 5.02 Å². The third-order valence-electron chi connectivity index (χ3n) is 4.65. The molecule has 0 fully saturated rings. The van der Waals surface area contributed by atoms with Crippen LogP contribution in [0, 0.1) is 6.92 Å². The van der Waals surface area contributed by atoms with Crippen molar-refractivity contribution >= 4 is 33.4 Å². The second kappa shape index (κ2) is 10.4. The van der Waals surface area contributed by atoms with Crippen molar-refractivity contribution in [3.8, 4) is 5.75 Å². The maximum Gasteiger partial charge on any atom is 0.436 e. The molecule has 3 rings (SSSR count). The Bertz CT molecular complexity index is 1100. The van der Waals surface area contributed by atoms with Crippen LogP contribution in [0.4, 0.5) is 13.2 Å². The van der Waals surface area contributed by atoms with E-state index in [4.69, 9.17) is 16.3 Å². The molecule has 0 saturated carbocycles. The highest BCUT2D eigenvalue weighted by Crippen LogP contribution is 2.35. The third-order valence-corrected chi connectivity index (χ3v) is 5.76. The smallest absolute Gasteiger partial charge is 0.436 e. The van der Waals surface area contributed by atoms with Crippen molar-refractivity contribution in [1.29, 1.82) is 0 Å². The normalized spacial score (nSPS) is 11.4. The molecule has 0 radical (unpaired) electrons. The molecule has 1 aromatic heterocycles. The number of benzene rings is 2. The van der Waals surface area contributed by atoms with Gasteiger partial charge in [0.2, 0.25) is 0 Å². The van der Waals surface area contributed by atoms with E-state index in [1.807, 2.05) is 30.3 Å². The number of para-hydroxylation sites is 1. The summed E-state index contributed by atoms with van der Waals surface area (Å²) in [6, 6.07) is 14.5. The van der Waals surface area contributed by atoms with E-state index in [1.165, 1.54) is 11.6 Å². The molecular formula is C22H20BrClF3N3O2. The van der Waals surface area contributed by atoms with E-state index in [2.05, 4.69) is 26.3 Å². The van der Waals surface area contributed by atoms with E-state index < -0.39 is 16.9 Å². The number of rotatable bonds is 8. The first-order valence-electron chi connectivity index (χ1n) is 9.71. The summed E-state index contributed by atoms with van der Waals surface area (Å²) in [6.07, 6.45) is -4.21. The van der Waals surface area contributed by atoms with Crippen LogP contribution >= 0.6 is 27.5 Å². The van der Waals surface area contributed by atoms with Crippen LogP contribution in [0.25, 0.3) is 0 Å². The zero-order chi connectivity index (χ0) is 23.3. The molecule has 0 bridgehead atoms. The number of aryl methyl sites for hydroxylation is 1. The van der Waals surface area contributed by atoms with Gasteiger partial charge in [0.25, 0.3) is 5.91 Å². The van der Waals surface area contributed by atoms with E-state index in [0.717, 1.165) is 10.0 Å². The molecule has 0 aliphatic heterocycles. The molecule has 0 unspecified atom stereocenters. The highest BCUT2D eigenvalue weighted by Gasteiger charge is 2.38. The number of hydrogen-bond acceptors (Lipinski definition) is 3. The number of nitrogens with one attached hydrogen (secondary N) is 1. The van der Waals surface area contributed by atoms with Crippen LogP contribution in [-0.2, 0) is 19.3 Å².